The summed E-state index contributed by atoms with van der Waals surface area (Å²) in [5.74, 6) is -1.91. The van der Waals surface area contributed by atoms with Crippen LogP contribution in [0.15, 0.2) is 17.3 Å². The molecular weight excluding hydrogens is 231 g/mol. The summed E-state index contributed by atoms with van der Waals surface area (Å²) in [6.45, 7) is 0. The predicted molar refractivity (Wildman–Crippen MR) is 56.8 cm³/mol. The van der Waals surface area contributed by atoms with Crippen molar-refractivity contribution in [1.82, 2.24) is 0 Å². The molecule has 1 aromatic carbocycles. The number of esters is 1. The molecule has 3 N–H and O–H groups in total. The molecule has 0 aromatic heterocycles. The molecule has 0 atom stereocenters. The largest absolute Gasteiger partial charge is 0.496 e. The SMILES string of the molecule is COC(=O)c1cc(OC)c(/C(N)=N/O)cc1F. The van der Waals surface area contributed by atoms with E-state index in [0.29, 0.717) is 0 Å². The molecule has 0 aliphatic heterocycles. The molecule has 0 saturated heterocycles. The van der Waals surface area contributed by atoms with Crippen molar-refractivity contribution in [3.63, 3.8) is 0 Å². The van der Waals surface area contributed by atoms with Gasteiger partial charge in [0.15, 0.2) is 5.84 Å². The van der Waals surface area contributed by atoms with Gasteiger partial charge in [-0.1, -0.05) is 5.16 Å². The highest BCUT2D eigenvalue weighted by Crippen LogP contribution is 2.23. The van der Waals surface area contributed by atoms with Gasteiger partial charge in [-0.05, 0) is 12.1 Å². The van der Waals surface area contributed by atoms with E-state index in [1.807, 2.05) is 0 Å². The Balaban J connectivity index is 3.39. The average Bonchev–Trinajstić information content (AvgIpc) is 2.36. The van der Waals surface area contributed by atoms with Gasteiger partial charge in [-0.3, -0.25) is 0 Å². The van der Waals surface area contributed by atoms with Crippen molar-refractivity contribution in [3.8, 4) is 5.75 Å². The van der Waals surface area contributed by atoms with Crippen LogP contribution in [0.5, 0.6) is 5.75 Å². The third-order valence-electron chi connectivity index (χ3n) is 2.08. The number of carbonyl (C=O) groups excluding carboxylic acids is 1. The maximum atomic E-state index is 13.6. The van der Waals surface area contributed by atoms with Crippen molar-refractivity contribution >= 4 is 11.8 Å². The van der Waals surface area contributed by atoms with Gasteiger partial charge in [-0.15, -0.1) is 0 Å². The molecule has 0 unspecified atom stereocenters. The Hall–Kier alpha value is -2.31. The highest BCUT2D eigenvalue weighted by molar-refractivity contribution is 6.01. The second-order valence-corrected chi connectivity index (χ2v) is 3.01. The maximum absolute atomic E-state index is 13.6. The Morgan fingerprint density at radius 1 is 1.41 bits per heavy atom. The van der Waals surface area contributed by atoms with E-state index in [1.54, 1.807) is 0 Å². The lowest BCUT2D eigenvalue weighted by Gasteiger charge is -2.09. The van der Waals surface area contributed by atoms with Gasteiger partial charge < -0.3 is 20.4 Å². The fourth-order valence-corrected chi connectivity index (χ4v) is 1.24. The number of ether oxygens (including phenoxy) is 2. The van der Waals surface area contributed by atoms with Gasteiger partial charge in [-0.25, -0.2) is 9.18 Å². The summed E-state index contributed by atoms with van der Waals surface area (Å²) < 4.78 is 22.9. The first-order valence-electron chi connectivity index (χ1n) is 4.48. The number of hydrogen-bond acceptors (Lipinski definition) is 5. The van der Waals surface area contributed by atoms with Gasteiger partial charge in [0.2, 0.25) is 0 Å². The number of nitrogens with two attached hydrogens (primary N) is 1. The van der Waals surface area contributed by atoms with Crippen LogP contribution in [0.1, 0.15) is 15.9 Å². The van der Waals surface area contributed by atoms with Crippen molar-refractivity contribution in [2.24, 2.45) is 10.9 Å². The van der Waals surface area contributed by atoms with Crippen LogP contribution in [0, 0.1) is 5.82 Å². The second kappa shape index (κ2) is 5.15. The Morgan fingerprint density at radius 2 is 2.06 bits per heavy atom. The number of methoxy groups -OCH3 is 2. The van der Waals surface area contributed by atoms with Crippen LogP contribution in [0.25, 0.3) is 0 Å². The summed E-state index contributed by atoms with van der Waals surface area (Å²) in [5, 5.41) is 11.3. The van der Waals surface area contributed by atoms with E-state index in [-0.39, 0.29) is 22.7 Å². The summed E-state index contributed by atoms with van der Waals surface area (Å²) in [7, 11) is 2.44. The van der Waals surface area contributed by atoms with Crippen LogP contribution >= 0.6 is 0 Å². The van der Waals surface area contributed by atoms with Crippen LogP contribution in [0.4, 0.5) is 4.39 Å². The fraction of sp³-hybridized carbons (Fsp3) is 0.200. The molecule has 0 aliphatic carbocycles. The number of oxime groups is 1. The van der Waals surface area contributed by atoms with Gasteiger partial charge in [0.25, 0.3) is 0 Å². The third-order valence-corrected chi connectivity index (χ3v) is 2.08. The quantitative estimate of drug-likeness (QED) is 0.268. The molecule has 0 amide bonds. The zero-order chi connectivity index (χ0) is 13.0. The van der Waals surface area contributed by atoms with Gasteiger partial charge in [0, 0.05) is 0 Å². The minimum Gasteiger partial charge on any atom is -0.496 e. The molecule has 1 rings (SSSR count). The lowest BCUT2D eigenvalue weighted by molar-refractivity contribution is 0.0595. The monoisotopic (exact) mass is 242 g/mol. The standard InChI is InChI=1S/C10H11FN2O4/c1-16-8-4-5(10(14)17-2)7(11)3-6(8)9(12)13-15/h3-4,15H,1-2H3,(H2,12,13). The first-order chi connectivity index (χ1) is 8.04. The molecule has 6 nitrogen and oxygen atoms in total. The molecule has 0 radical (unpaired) electrons. The van der Waals surface area contributed by atoms with E-state index in [9.17, 15) is 9.18 Å². The molecule has 92 valence electrons. The Morgan fingerprint density at radius 3 is 2.53 bits per heavy atom. The number of rotatable bonds is 3. The maximum Gasteiger partial charge on any atom is 0.340 e. The van der Waals surface area contributed by atoms with E-state index in [0.717, 1.165) is 19.2 Å². The minimum absolute atomic E-state index is 0.0418. The fourth-order valence-electron chi connectivity index (χ4n) is 1.24. The lowest BCUT2D eigenvalue weighted by atomic mass is 10.1. The normalized spacial score (nSPS) is 11.1. The van der Waals surface area contributed by atoms with Crippen LogP contribution in [0.3, 0.4) is 0 Å². The van der Waals surface area contributed by atoms with Crippen molar-refractivity contribution < 1.29 is 23.9 Å². The molecule has 7 heteroatoms. The lowest BCUT2D eigenvalue weighted by Crippen LogP contribution is -2.16. The third kappa shape index (κ3) is 2.44. The molecule has 0 saturated carbocycles. The van der Waals surface area contributed by atoms with Gasteiger partial charge in [0.05, 0.1) is 25.3 Å². The number of benzene rings is 1. The first kappa shape index (κ1) is 12.8. The highest BCUT2D eigenvalue weighted by Gasteiger charge is 2.18. The Labute approximate surface area is 96.4 Å². The molecular formula is C10H11FN2O4. The molecule has 0 aliphatic rings. The minimum atomic E-state index is -0.848. The molecule has 17 heavy (non-hydrogen) atoms. The summed E-state index contributed by atoms with van der Waals surface area (Å²) in [5.41, 5.74) is 5.08. The molecule has 0 spiro atoms. The first-order valence-corrected chi connectivity index (χ1v) is 4.48. The number of nitrogens with zero attached hydrogens (tertiary/aromatic N) is 1. The summed E-state index contributed by atoms with van der Waals surface area (Å²) in [4.78, 5) is 11.2. The molecule has 0 fully saturated rings. The van der Waals surface area contributed by atoms with Crippen LogP contribution in [-0.2, 0) is 4.74 Å². The Kier molecular flexibility index (Phi) is 3.86. The van der Waals surface area contributed by atoms with Crippen LogP contribution in [-0.4, -0.2) is 31.2 Å². The van der Waals surface area contributed by atoms with Crippen molar-refractivity contribution in [2.45, 2.75) is 0 Å². The number of hydrogen-bond donors (Lipinski definition) is 2. The summed E-state index contributed by atoms with van der Waals surface area (Å²) in [6, 6.07) is 2.05. The van der Waals surface area contributed by atoms with E-state index < -0.39 is 11.8 Å². The van der Waals surface area contributed by atoms with Gasteiger partial charge in [-0.2, -0.15) is 0 Å². The zero-order valence-corrected chi connectivity index (χ0v) is 9.23. The number of carbonyl (C=O) groups is 1. The molecule has 0 bridgehead atoms. The highest BCUT2D eigenvalue weighted by atomic mass is 19.1. The summed E-state index contributed by atoms with van der Waals surface area (Å²) in [6.07, 6.45) is 0. The second-order valence-electron chi connectivity index (χ2n) is 3.01. The van der Waals surface area contributed by atoms with Gasteiger partial charge >= 0.3 is 5.97 Å². The van der Waals surface area contributed by atoms with E-state index >= 15 is 0 Å². The molecule has 1 aromatic rings. The Bertz CT molecular complexity index is 474. The van der Waals surface area contributed by atoms with E-state index in [2.05, 4.69) is 9.89 Å². The van der Waals surface area contributed by atoms with Gasteiger partial charge in [0.1, 0.15) is 11.6 Å². The molecule has 0 heterocycles. The van der Waals surface area contributed by atoms with Crippen LogP contribution in [0.2, 0.25) is 0 Å². The number of amidine groups is 1. The van der Waals surface area contributed by atoms with Crippen molar-refractivity contribution in [3.05, 3.63) is 29.1 Å². The average molecular weight is 242 g/mol. The van der Waals surface area contributed by atoms with E-state index in [4.69, 9.17) is 15.7 Å². The number of halogens is 1. The smallest absolute Gasteiger partial charge is 0.340 e. The van der Waals surface area contributed by atoms with Crippen molar-refractivity contribution in [1.29, 1.82) is 0 Å². The topological polar surface area (TPSA) is 94.1 Å². The van der Waals surface area contributed by atoms with E-state index in [1.165, 1.54) is 7.11 Å². The summed E-state index contributed by atoms with van der Waals surface area (Å²) >= 11 is 0. The predicted octanol–water partition coefficient (Wildman–Crippen LogP) is 0.715. The zero-order valence-electron chi connectivity index (χ0n) is 9.23. The van der Waals surface area contributed by atoms with Crippen LogP contribution < -0.4 is 10.5 Å². The van der Waals surface area contributed by atoms with Crippen molar-refractivity contribution in [2.75, 3.05) is 14.2 Å².